The van der Waals surface area contributed by atoms with E-state index in [9.17, 15) is 10.2 Å². The van der Waals surface area contributed by atoms with Crippen LogP contribution in [0.25, 0.3) is 0 Å². The van der Waals surface area contributed by atoms with E-state index in [1.807, 2.05) is 36.4 Å². The number of aromatic hydroxyl groups is 2. The van der Waals surface area contributed by atoms with E-state index >= 15 is 0 Å². The molecule has 2 heterocycles. The zero-order valence-corrected chi connectivity index (χ0v) is 15.0. The van der Waals surface area contributed by atoms with Gasteiger partial charge >= 0.3 is 0 Å². The molecule has 0 aliphatic carbocycles. The highest BCUT2D eigenvalue weighted by Gasteiger charge is 2.40. The second-order valence-electron chi connectivity index (χ2n) is 7.37. The number of nitrogens with zero attached hydrogens (tertiary/aromatic N) is 2. The Kier molecular flexibility index (Phi) is 4.42. The molecular formula is C21H25N3O2. The Labute approximate surface area is 154 Å². The molecule has 26 heavy (non-hydrogen) atoms. The van der Waals surface area contributed by atoms with E-state index in [0.717, 1.165) is 42.8 Å². The van der Waals surface area contributed by atoms with E-state index in [2.05, 4.69) is 17.3 Å². The highest BCUT2D eigenvalue weighted by atomic mass is 16.3. The van der Waals surface area contributed by atoms with Crippen LogP contribution >= 0.6 is 0 Å². The Hall–Kier alpha value is -2.37. The minimum absolute atomic E-state index is 0.0355. The van der Waals surface area contributed by atoms with Crippen LogP contribution in [0.15, 0.2) is 53.5 Å². The number of aliphatic imine (C=N–C) groups is 1. The first kappa shape index (κ1) is 17.1. The first-order valence-electron chi connectivity index (χ1n) is 9.18. The van der Waals surface area contributed by atoms with Crippen LogP contribution in [0.2, 0.25) is 0 Å². The van der Waals surface area contributed by atoms with E-state index in [4.69, 9.17) is 4.99 Å². The maximum absolute atomic E-state index is 10.4. The van der Waals surface area contributed by atoms with Crippen molar-refractivity contribution in [1.29, 1.82) is 0 Å². The first-order valence-corrected chi connectivity index (χ1v) is 9.18. The van der Waals surface area contributed by atoms with Crippen molar-refractivity contribution in [3.8, 4) is 11.5 Å². The molecule has 5 nitrogen and oxygen atoms in total. The van der Waals surface area contributed by atoms with Crippen LogP contribution in [0.3, 0.4) is 0 Å². The van der Waals surface area contributed by atoms with Crippen LogP contribution < -0.4 is 5.32 Å². The van der Waals surface area contributed by atoms with Crippen molar-refractivity contribution in [1.82, 2.24) is 10.2 Å². The van der Waals surface area contributed by atoms with Crippen molar-refractivity contribution in [2.24, 2.45) is 4.99 Å². The quantitative estimate of drug-likeness (QED) is 0.778. The molecule has 1 saturated heterocycles. The zero-order valence-electron chi connectivity index (χ0n) is 15.0. The maximum Gasteiger partial charge on any atom is 0.124 e. The number of nitrogens with one attached hydrogen (secondary N) is 1. The largest absolute Gasteiger partial charge is 0.508 e. The molecule has 5 heteroatoms. The molecular weight excluding hydrogens is 326 g/mol. The average Bonchev–Trinajstić information content (AvgIpc) is 2.65. The third-order valence-corrected chi connectivity index (χ3v) is 5.53. The first-order chi connectivity index (χ1) is 12.6. The van der Waals surface area contributed by atoms with E-state index in [1.54, 1.807) is 12.1 Å². The molecule has 0 bridgehead atoms. The van der Waals surface area contributed by atoms with E-state index in [1.165, 1.54) is 0 Å². The Balaban J connectivity index is 1.76. The predicted molar refractivity (Wildman–Crippen MR) is 103 cm³/mol. The number of phenols is 2. The summed E-state index contributed by atoms with van der Waals surface area (Å²) in [5, 5.41) is 24.4. The number of piperidine rings is 1. The number of hydrogen-bond donors (Lipinski definition) is 3. The topological polar surface area (TPSA) is 68.1 Å². The van der Waals surface area contributed by atoms with E-state index in [-0.39, 0.29) is 17.5 Å². The second-order valence-corrected chi connectivity index (χ2v) is 7.37. The van der Waals surface area contributed by atoms with Gasteiger partial charge in [0.2, 0.25) is 0 Å². The van der Waals surface area contributed by atoms with Gasteiger partial charge in [-0.1, -0.05) is 30.3 Å². The Morgan fingerprint density at radius 1 is 1.00 bits per heavy atom. The molecule has 0 amide bonds. The van der Waals surface area contributed by atoms with Gasteiger partial charge < -0.3 is 15.1 Å². The monoisotopic (exact) mass is 351 g/mol. The van der Waals surface area contributed by atoms with Gasteiger partial charge in [-0.05, 0) is 38.1 Å². The second kappa shape index (κ2) is 6.74. The van der Waals surface area contributed by atoms with Crippen molar-refractivity contribution in [3.63, 3.8) is 0 Å². The molecule has 2 aliphatic heterocycles. The molecule has 3 N–H and O–H groups in total. The van der Waals surface area contributed by atoms with Gasteiger partial charge in [-0.3, -0.25) is 10.3 Å². The van der Waals surface area contributed by atoms with Crippen LogP contribution in [0.5, 0.6) is 11.5 Å². The summed E-state index contributed by atoms with van der Waals surface area (Å²) < 4.78 is 0. The van der Waals surface area contributed by atoms with Gasteiger partial charge in [0.15, 0.2) is 0 Å². The summed E-state index contributed by atoms with van der Waals surface area (Å²) in [4.78, 5) is 7.39. The summed E-state index contributed by atoms with van der Waals surface area (Å²) in [6, 6.07) is 14.8. The van der Waals surface area contributed by atoms with Crippen LogP contribution in [0.4, 0.5) is 0 Å². The Morgan fingerprint density at radius 3 is 2.35 bits per heavy atom. The van der Waals surface area contributed by atoms with Gasteiger partial charge in [0.1, 0.15) is 17.2 Å². The lowest BCUT2D eigenvalue weighted by atomic mass is 9.87. The molecule has 1 spiro atoms. The fourth-order valence-electron chi connectivity index (χ4n) is 4.01. The van der Waals surface area contributed by atoms with E-state index in [0.29, 0.717) is 12.2 Å². The van der Waals surface area contributed by atoms with Gasteiger partial charge in [0, 0.05) is 42.4 Å². The third-order valence-electron chi connectivity index (χ3n) is 5.53. The Bertz CT molecular complexity index is 826. The highest BCUT2D eigenvalue weighted by Crippen LogP contribution is 2.38. The zero-order chi connectivity index (χ0) is 18.1. The molecule has 2 aliphatic rings. The van der Waals surface area contributed by atoms with Gasteiger partial charge in [-0.2, -0.15) is 0 Å². The van der Waals surface area contributed by atoms with Gasteiger partial charge in [-0.25, -0.2) is 0 Å². The lowest BCUT2D eigenvalue weighted by molar-refractivity contribution is 0.144. The van der Waals surface area contributed by atoms with E-state index < -0.39 is 0 Å². The minimum Gasteiger partial charge on any atom is -0.508 e. The lowest BCUT2D eigenvalue weighted by Gasteiger charge is -2.44. The van der Waals surface area contributed by atoms with Crippen molar-refractivity contribution in [3.05, 3.63) is 59.7 Å². The summed E-state index contributed by atoms with van der Waals surface area (Å²) in [7, 11) is 2.13. The summed E-state index contributed by atoms with van der Waals surface area (Å²) >= 11 is 0. The SMILES string of the molecule is CN1CCC2(CC1)N=C(c1ccccc1O)C[C@@H](c1ccccc1O)N2. The maximum atomic E-state index is 10.4. The summed E-state index contributed by atoms with van der Waals surface area (Å²) in [6.45, 7) is 1.94. The van der Waals surface area contributed by atoms with Crippen LogP contribution in [0.1, 0.15) is 36.4 Å². The van der Waals surface area contributed by atoms with Gasteiger partial charge in [-0.15, -0.1) is 0 Å². The number of rotatable bonds is 2. The van der Waals surface area contributed by atoms with Crippen LogP contribution in [0, 0.1) is 0 Å². The molecule has 2 aromatic carbocycles. The number of hydrogen-bond acceptors (Lipinski definition) is 5. The van der Waals surface area contributed by atoms with Crippen LogP contribution in [-0.2, 0) is 0 Å². The molecule has 2 aromatic rings. The Morgan fingerprint density at radius 2 is 1.65 bits per heavy atom. The van der Waals surface area contributed by atoms with Gasteiger partial charge in [0.25, 0.3) is 0 Å². The lowest BCUT2D eigenvalue weighted by Crippen LogP contribution is -2.55. The molecule has 0 saturated carbocycles. The fourth-order valence-corrected chi connectivity index (χ4v) is 4.01. The number of para-hydroxylation sites is 2. The molecule has 0 unspecified atom stereocenters. The fraction of sp³-hybridized carbons (Fsp3) is 0.381. The van der Waals surface area contributed by atoms with Crippen molar-refractivity contribution < 1.29 is 10.2 Å². The molecule has 1 atom stereocenters. The summed E-state index contributed by atoms with van der Waals surface area (Å²) in [6.07, 6.45) is 2.45. The normalized spacial score (nSPS) is 23.0. The number of benzene rings is 2. The highest BCUT2D eigenvalue weighted by molar-refractivity contribution is 6.03. The molecule has 136 valence electrons. The minimum atomic E-state index is -0.352. The average molecular weight is 351 g/mol. The van der Waals surface area contributed by atoms with Gasteiger partial charge in [0.05, 0.1) is 0 Å². The molecule has 0 aromatic heterocycles. The number of phenolic OH excluding ortho intramolecular Hbond substituents is 2. The molecule has 0 radical (unpaired) electrons. The smallest absolute Gasteiger partial charge is 0.124 e. The standard InChI is InChI=1S/C21H25N3O2/c1-24-12-10-21(11-13-24)22-17(15-6-2-4-8-19(15)25)14-18(23-21)16-7-3-5-9-20(16)26/h2-9,17,22,25-26H,10-14H2,1H3/t17-/m0/s1. The molecule has 1 fully saturated rings. The third kappa shape index (κ3) is 3.20. The van der Waals surface area contributed by atoms with Crippen LogP contribution in [-0.4, -0.2) is 46.6 Å². The summed E-state index contributed by atoms with van der Waals surface area (Å²) in [5.74, 6) is 0.555. The molecule has 4 rings (SSSR count). The van der Waals surface area contributed by atoms with Crippen molar-refractivity contribution >= 4 is 5.71 Å². The van der Waals surface area contributed by atoms with Crippen molar-refractivity contribution in [2.75, 3.05) is 20.1 Å². The summed E-state index contributed by atoms with van der Waals surface area (Å²) in [5.41, 5.74) is 2.22. The number of likely N-dealkylation sites (tertiary alicyclic amines) is 1. The predicted octanol–water partition coefficient (Wildman–Crippen LogP) is 3.04. The van der Waals surface area contributed by atoms with Crippen molar-refractivity contribution in [2.45, 2.75) is 31.0 Å².